The minimum atomic E-state index is -0.477. The summed E-state index contributed by atoms with van der Waals surface area (Å²) in [5.41, 5.74) is 0. The average Bonchev–Trinajstić information content (AvgIpc) is 2.12. The topological polar surface area (TPSA) is 52.6 Å². The van der Waals surface area contributed by atoms with E-state index >= 15 is 0 Å². The molecule has 0 amide bonds. The van der Waals surface area contributed by atoms with Crippen LogP contribution >= 0.6 is 0 Å². The predicted molar refractivity (Wildman–Crippen MR) is 56.5 cm³/mol. The zero-order chi connectivity index (χ0) is 11.7. The first-order valence-electron chi connectivity index (χ1n) is 5.31. The molecular weight excluding hydrogens is 196 g/mol. The van der Waals surface area contributed by atoms with Gasteiger partial charge in [-0.05, 0) is 19.3 Å². The molecule has 0 aliphatic heterocycles. The fourth-order valence-corrected chi connectivity index (χ4v) is 0.929. The Labute approximate surface area is 90.9 Å². The van der Waals surface area contributed by atoms with Crippen molar-refractivity contribution in [2.75, 3.05) is 19.8 Å². The summed E-state index contributed by atoms with van der Waals surface area (Å²) in [7, 11) is 0. The first-order valence-corrected chi connectivity index (χ1v) is 5.31. The van der Waals surface area contributed by atoms with E-state index in [0.717, 1.165) is 6.42 Å². The summed E-state index contributed by atoms with van der Waals surface area (Å²) in [4.78, 5) is 22.0. The third-order valence-corrected chi connectivity index (χ3v) is 1.75. The standard InChI is InChI=1S/C11H20O4/c1-4-15-11(13)7-10(12)8-14-6-5-9(2)3/h9H,4-8H2,1-3H3. The fraction of sp³-hybridized carbons (Fsp3) is 0.818. The largest absolute Gasteiger partial charge is 0.466 e. The van der Waals surface area contributed by atoms with Crippen LogP contribution < -0.4 is 0 Å². The van der Waals surface area contributed by atoms with Crippen LogP contribution in [0.4, 0.5) is 0 Å². The van der Waals surface area contributed by atoms with Crippen molar-refractivity contribution in [1.29, 1.82) is 0 Å². The summed E-state index contributed by atoms with van der Waals surface area (Å²) in [5.74, 6) is -0.141. The van der Waals surface area contributed by atoms with Gasteiger partial charge < -0.3 is 9.47 Å². The molecule has 0 rings (SSSR count). The second-order valence-corrected chi connectivity index (χ2v) is 3.76. The molecule has 0 unspecified atom stereocenters. The van der Waals surface area contributed by atoms with E-state index in [4.69, 9.17) is 4.74 Å². The van der Waals surface area contributed by atoms with Crippen molar-refractivity contribution in [2.45, 2.75) is 33.6 Å². The van der Waals surface area contributed by atoms with Crippen LogP contribution in [-0.2, 0) is 19.1 Å². The van der Waals surface area contributed by atoms with E-state index in [2.05, 4.69) is 18.6 Å². The molecule has 0 aliphatic carbocycles. The number of ketones is 1. The maximum Gasteiger partial charge on any atom is 0.313 e. The van der Waals surface area contributed by atoms with Crippen molar-refractivity contribution in [2.24, 2.45) is 5.92 Å². The van der Waals surface area contributed by atoms with Crippen molar-refractivity contribution in [3.63, 3.8) is 0 Å². The van der Waals surface area contributed by atoms with Gasteiger partial charge in [0.2, 0.25) is 0 Å². The summed E-state index contributed by atoms with van der Waals surface area (Å²) < 4.78 is 9.77. The Hall–Kier alpha value is -0.900. The third-order valence-electron chi connectivity index (χ3n) is 1.75. The summed E-state index contributed by atoms with van der Waals surface area (Å²) >= 11 is 0. The van der Waals surface area contributed by atoms with E-state index in [1.807, 2.05) is 0 Å². The minimum absolute atomic E-state index is 0.00549. The van der Waals surface area contributed by atoms with E-state index < -0.39 is 5.97 Å². The Morgan fingerprint density at radius 2 is 1.93 bits per heavy atom. The van der Waals surface area contributed by atoms with Crippen LogP contribution in [0.3, 0.4) is 0 Å². The highest BCUT2D eigenvalue weighted by Crippen LogP contribution is 1.99. The smallest absolute Gasteiger partial charge is 0.313 e. The lowest BCUT2D eigenvalue weighted by molar-refractivity contribution is -0.146. The quantitative estimate of drug-likeness (QED) is 0.351. The summed E-state index contributed by atoms with van der Waals surface area (Å²) in [6.07, 6.45) is 0.738. The van der Waals surface area contributed by atoms with Gasteiger partial charge in [-0.2, -0.15) is 0 Å². The fourth-order valence-electron chi connectivity index (χ4n) is 0.929. The first-order chi connectivity index (χ1) is 7.06. The van der Waals surface area contributed by atoms with Gasteiger partial charge in [0.05, 0.1) is 6.61 Å². The highest BCUT2D eigenvalue weighted by atomic mass is 16.5. The molecule has 0 aromatic rings. The maximum atomic E-state index is 11.1. The summed E-state index contributed by atoms with van der Waals surface area (Å²) in [6, 6.07) is 0. The highest BCUT2D eigenvalue weighted by molar-refractivity contribution is 5.96. The molecule has 0 bridgehead atoms. The molecule has 0 aliphatic rings. The van der Waals surface area contributed by atoms with Gasteiger partial charge >= 0.3 is 5.97 Å². The molecule has 4 nitrogen and oxygen atoms in total. The molecule has 0 radical (unpaired) electrons. The number of Topliss-reactive ketones (excluding diaryl/α,β-unsaturated/α-hetero) is 1. The molecule has 4 heteroatoms. The number of carbonyl (C=O) groups is 2. The summed E-state index contributed by atoms with van der Waals surface area (Å²) in [5, 5.41) is 0. The van der Waals surface area contributed by atoms with Crippen molar-refractivity contribution in [3.05, 3.63) is 0 Å². The van der Waals surface area contributed by atoms with Crippen LogP contribution in [0.1, 0.15) is 33.6 Å². The number of hydrogen-bond acceptors (Lipinski definition) is 4. The monoisotopic (exact) mass is 216 g/mol. The van der Waals surface area contributed by atoms with Crippen LogP contribution in [-0.4, -0.2) is 31.6 Å². The Balaban J connectivity index is 3.45. The van der Waals surface area contributed by atoms with E-state index in [9.17, 15) is 9.59 Å². The van der Waals surface area contributed by atoms with Crippen LogP contribution in [0.25, 0.3) is 0 Å². The number of rotatable bonds is 8. The molecule has 0 heterocycles. The van der Waals surface area contributed by atoms with Crippen molar-refractivity contribution in [1.82, 2.24) is 0 Å². The van der Waals surface area contributed by atoms with E-state index in [1.165, 1.54) is 0 Å². The van der Waals surface area contributed by atoms with Gasteiger partial charge in [0.15, 0.2) is 5.78 Å². The number of ether oxygens (including phenoxy) is 2. The molecule has 0 saturated carbocycles. The second kappa shape index (κ2) is 8.41. The van der Waals surface area contributed by atoms with Gasteiger partial charge in [-0.3, -0.25) is 9.59 Å². The van der Waals surface area contributed by atoms with Crippen molar-refractivity contribution in [3.8, 4) is 0 Å². The average molecular weight is 216 g/mol. The van der Waals surface area contributed by atoms with Crippen LogP contribution in [0.15, 0.2) is 0 Å². The van der Waals surface area contributed by atoms with E-state index in [1.54, 1.807) is 6.92 Å². The van der Waals surface area contributed by atoms with Gasteiger partial charge in [0, 0.05) is 6.61 Å². The van der Waals surface area contributed by atoms with Gasteiger partial charge in [0.1, 0.15) is 13.0 Å². The normalized spacial score (nSPS) is 10.4. The molecule has 88 valence electrons. The Bertz CT molecular complexity index is 199. The van der Waals surface area contributed by atoms with Crippen LogP contribution in [0.5, 0.6) is 0 Å². The maximum absolute atomic E-state index is 11.1. The molecule has 15 heavy (non-hydrogen) atoms. The van der Waals surface area contributed by atoms with Crippen LogP contribution in [0, 0.1) is 5.92 Å². The third kappa shape index (κ3) is 9.41. The van der Waals surface area contributed by atoms with E-state index in [-0.39, 0.29) is 18.8 Å². The van der Waals surface area contributed by atoms with Crippen molar-refractivity contribution < 1.29 is 19.1 Å². The molecule has 0 aromatic heterocycles. The SMILES string of the molecule is CCOC(=O)CC(=O)COCCC(C)C. The molecule has 0 saturated heterocycles. The summed E-state index contributed by atoms with van der Waals surface area (Å²) in [6.45, 7) is 6.76. The molecule has 0 aromatic carbocycles. The molecule has 0 fully saturated rings. The highest BCUT2D eigenvalue weighted by Gasteiger charge is 2.10. The first kappa shape index (κ1) is 14.1. The van der Waals surface area contributed by atoms with Gasteiger partial charge in [0.25, 0.3) is 0 Å². The van der Waals surface area contributed by atoms with Gasteiger partial charge in [-0.25, -0.2) is 0 Å². The van der Waals surface area contributed by atoms with Crippen molar-refractivity contribution >= 4 is 11.8 Å². The molecule has 0 N–H and O–H groups in total. The van der Waals surface area contributed by atoms with Gasteiger partial charge in [-0.1, -0.05) is 13.8 Å². The predicted octanol–water partition coefficient (Wildman–Crippen LogP) is 1.57. The Kier molecular flexibility index (Phi) is 7.91. The van der Waals surface area contributed by atoms with Gasteiger partial charge in [-0.15, -0.1) is 0 Å². The van der Waals surface area contributed by atoms with E-state index in [0.29, 0.717) is 19.1 Å². The Morgan fingerprint density at radius 1 is 1.27 bits per heavy atom. The lowest BCUT2D eigenvalue weighted by atomic mass is 10.1. The lowest BCUT2D eigenvalue weighted by Crippen LogP contribution is -2.16. The zero-order valence-corrected chi connectivity index (χ0v) is 9.75. The second-order valence-electron chi connectivity index (χ2n) is 3.76. The molecular formula is C11H20O4. The minimum Gasteiger partial charge on any atom is -0.466 e. The number of carbonyl (C=O) groups excluding carboxylic acids is 2. The molecule has 0 spiro atoms. The van der Waals surface area contributed by atoms with Crippen LogP contribution in [0.2, 0.25) is 0 Å². The lowest BCUT2D eigenvalue weighted by Gasteiger charge is -2.05. The molecule has 0 atom stereocenters. The zero-order valence-electron chi connectivity index (χ0n) is 9.75. The Morgan fingerprint density at radius 3 is 2.47 bits per heavy atom. The number of esters is 1. The number of hydrogen-bond donors (Lipinski definition) is 0.